The van der Waals surface area contributed by atoms with E-state index in [-0.39, 0.29) is 24.2 Å². The van der Waals surface area contributed by atoms with Gasteiger partial charge in [-0.2, -0.15) is 0 Å². The standard InChI is InChI=1S/C17H24FN3O2/c18-14-6-8-15(9-7-14)20-16(22)12-19-17(23)13-21-10-4-2-1-3-5-11-21/h6-9H,1-5,10-13H2,(H,19,23)(H,20,22)/p+1. The number of quaternary nitrogens is 1. The van der Waals surface area contributed by atoms with Gasteiger partial charge in [0.1, 0.15) is 5.82 Å². The summed E-state index contributed by atoms with van der Waals surface area (Å²) in [5, 5.41) is 5.27. The van der Waals surface area contributed by atoms with Gasteiger partial charge in [-0.3, -0.25) is 9.59 Å². The van der Waals surface area contributed by atoms with Crippen LogP contribution < -0.4 is 15.5 Å². The van der Waals surface area contributed by atoms with Crippen molar-refractivity contribution in [2.45, 2.75) is 32.1 Å². The van der Waals surface area contributed by atoms with Crippen LogP contribution in [0.2, 0.25) is 0 Å². The lowest BCUT2D eigenvalue weighted by Crippen LogP contribution is -3.13. The molecular formula is C17H25FN3O2+. The van der Waals surface area contributed by atoms with Gasteiger partial charge in [-0.05, 0) is 49.9 Å². The Morgan fingerprint density at radius 1 is 0.957 bits per heavy atom. The zero-order valence-corrected chi connectivity index (χ0v) is 13.4. The molecular weight excluding hydrogens is 297 g/mol. The van der Waals surface area contributed by atoms with Gasteiger partial charge in [0.05, 0.1) is 19.6 Å². The highest BCUT2D eigenvalue weighted by Gasteiger charge is 2.16. The molecule has 1 aromatic rings. The minimum absolute atomic E-state index is 0.0660. The SMILES string of the molecule is O=C(C[NH+]1CCCCCCC1)NCC(=O)Nc1ccc(F)cc1. The van der Waals surface area contributed by atoms with Crippen molar-refractivity contribution in [3.05, 3.63) is 30.1 Å². The minimum atomic E-state index is -0.354. The summed E-state index contributed by atoms with van der Waals surface area (Å²) >= 11 is 0. The second-order valence-electron chi connectivity index (χ2n) is 6.03. The zero-order valence-electron chi connectivity index (χ0n) is 13.4. The predicted molar refractivity (Wildman–Crippen MR) is 86.7 cm³/mol. The first kappa shape index (κ1) is 17.4. The highest BCUT2D eigenvalue weighted by molar-refractivity contribution is 5.94. The van der Waals surface area contributed by atoms with E-state index in [1.165, 1.54) is 48.4 Å². The van der Waals surface area contributed by atoms with E-state index in [0.29, 0.717) is 12.2 Å². The lowest BCUT2D eigenvalue weighted by atomic mass is 10.1. The number of nitrogens with one attached hydrogen (secondary N) is 3. The van der Waals surface area contributed by atoms with Crippen molar-refractivity contribution in [1.82, 2.24) is 5.32 Å². The van der Waals surface area contributed by atoms with Crippen LogP contribution in [-0.4, -0.2) is 38.0 Å². The molecule has 0 bridgehead atoms. The van der Waals surface area contributed by atoms with Gasteiger partial charge in [0, 0.05) is 5.69 Å². The molecule has 0 saturated carbocycles. The van der Waals surface area contributed by atoms with Gasteiger partial charge in [0.2, 0.25) is 5.91 Å². The molecule has 23 heavy (non-hydrogen) atoms. The first-order chi connectivity index (χ1) is 11.1. The lowest BCUT2D eigenvalue weighted by molar-refractivity contribution is -0.893. The maximum Gasteiger partial charge on any atom is 0.275 e. The van der Waals surface area contributed by atoms with E-state index in [4.69, 9.17) is 0 Å². The maximum atomic E-state index is 12.8. The van der Waals surface area contributed by atoms with Gasteiger partial charge in [-0.1, -0.05) is 6.42 Å². The Morgan fingerprint density at radius 2 is 1.57 bits per heavy atom. The molecule has 2 amide bonds. The Hall–Kier alpha value is -1.95. The number of likely N-dealkylation sites (tertiary alicyclic amines) is 1. The van der Waals surface area contributed by atoms with E-state index < -0.39 is 0 Å². The van der Waals surface area contributed by atoms with Crippen LogP contribution in [0.25, 0.3) is 0 Å². The molecule has 126 valence electrons. The zero-order chi connectivity index (χ0) is 16.5. The van der Waals surface area contributed by atoms with E-state index in [2.05, 4.69) is 10.6 Å². The van der Waals surface area contributed by atoms with Crippen LogP contribution in [0.1, 0.15) is 32.1 Å². The smallest absolute Gasteiger partial charge is 0.275 e. The lowest BCUT2D eigenvalue weighted by Gasteiger charge is -2.21. The molecule has 1 aromatic carbocycles. The molecule has 0 aromatic heterocycles. The Morgan fingerprint density at radius 3 is 2.22 bits per heavy atom. The van der Waals surface area contributed by atoms with Crippen molar-refractivity contribution in [3.8, 4) is 0 Å². The molecule has 0 radical (unpaired) electrons. The van der Waals surface area contributed by atoms with Gasteiger partial charge >= 0.3 is 0 Å². The van der Waals surface area contributed by atoms with Crippen molar-refractivity contribution < 1.29 is 18.9 Å². The van der Waals surface area contributed by atoms with Crippen LogP contribution in [0, 0.1) is 5.82 Å². The molecule has 0 aliphatic carbocycles. The summed E-state index contributed by atoms with van der Waals surface area (Å²) in [6.45, 7) is 2.40. The van der Waals surface area contributed by atoms with Crippen LogP contribution in [0.4, 0.5) is 10.1 Å². The Balaban J connectivity index is 1.68. The number of hydrogen-bond donors (Lipinski definition) is 3. The number of hydrogen-bond acceptors (Lipinski definition) is 2. The van der Waals surface area contributed by atoms with Crippen molar-refractivity contribution >= 4 is 17.5 Å². The van der Waals surface area contributed by atoms with Crippen LogP contribution in [-0.2, 0) is 9.59 Å². The van der Waals surface area contributed by atoms with Crippen LogP contribution in [0.5, 0.6) is 0 Å². The van der Waals surface area contributed by atoms with E-state index in [1.807, 2.05) is 0 Å². The van der Waals surface area contributed by atoms with Crippen LogP contribution in [0.15, 0.2) is 24.3 Å². The Bertz CT molecular complexity index is 511. The molecule has 1 saturated heterocycles. The average Bonchev–Trinajstić information content (AvgIpc) is 2.50. The summed E-state index contributed by atoms with van der Waals surface area (Å²) in [5.74, 6) is -0.769. The third kappa shape index (κ3) is 6.78. The summed E-state index contributed by atoms with van der Waals surface area (Å²) in [5.41, 5.74) is 0.514. The molecule has 1 heterocycles. The van der Waals surface area contributed by atoms with E-state index >= 15 is 0 Å². The third-order valence-corrected chi connectivity index (χ3v) is 4.05. The molecule has 5 nitrogen and oxygen atoms in total. The fourth-order valence-corrected chi connectivity index (χ4v) is 2.79. The summed E-state index contributed by atoms with van der Waals surface area (Å²) in [4.78, 5) is 25.0. The van der Waals surface area contributed by atoms with Crippen LogP contribution in [0.3, 0.4) is 0 Å². The largest absolute Gasteiger partial charge is 0.342 e. The van der Waals surface area contributed by atoms with E-state index in [9.17, 15) is 14.0 Å². The number of rotatable bonds is 5. The van der Waals surface area contributed by atoms with Crippen molar-refractivity contribution in [2.75, 3.05) is 31.5 Å². The summed E-state index contributed by atoms with van der Waals surface area (Å²) in [7, 11) is 0. The van der Waals surface area contributed by atoms with E-state index in [1.54, 1.807) is 0 Å². The molecule has 1 fully saturated rings. The molecule has 1 aliphatic heterocycles. The summed E-state index contributed by atoms with van der Waals surface area (Å²) in [6.07, 6.45) is 6.10. The molecule has 0 spiro atoms. The molecule has 1 aliphatic rings. The fraction of sp³-hybridized carbons (Fsp3) is 0.529. The molecule has 3 N–H and O–H groups in total. The van der Waals surface area contributed by atoms with Crippen molar-refractivity contribution in [1.29, 1.82) is 0 Å². The minimum Gasteiger partial charge on any atom is -0.342 e. The third-order valence-electron chi connectivity index (χ3n) is 4.05. The number of anilines is 1. The summed E-state index contributed by atoms with van der Waals surface area (Å²) in [6, 6.07) is 5.53. The first-order valence-corrected chi connectivity index (χ1v) is 8.29. The second-order valence-corrected chi connectivity index (χ2v) is 6.03. The second kappa shape index (κ2) is 9.25. The quantitative estimate of drug-likeness (QED) is 0.748. The first-order valence-electron chi connectivity index (χ1n) is 8.29. The number of carbonyl (C=O) groups excluding carboxylic acids is 2. The highest BCUT2D eigenvalue weighted by atomic mass is 19.1. The number of amides is 2. The summed E-state index contributed by atoms with van der Waals surface area (Å²) < 4.78 is 12.8. The van der Waals surface area contributed by atoms with Crippen molar-refractivity contribution in [3.63, 3.8) is 0 Å². The molecule has 0 unspecified atom stereocenters. The maximum absolute atomic E-state index is 12.8. The van der Waals surface area contributed by atoms with Crippen LogP contribution >= 0.6 is 0 Å². The highest BCUT2D eigenvalue weighted by Crippen LogP contribution is 2.07. The van der Waals surface area contributed by atoms with Gasteiger partial charge in [0.15, 0.2) is 6.54 Å². The van der Waals surface area contributed by atoms with Gasteiger partial charge < -0.3 is 15.5 Å². The molecule has 0 atom stereocenters. The Kier molecular flexibility index (Phi) is 7.00. The molecule has 6 heteroatoms. The number of benzene rings is 1. The average molecular weight is 322 g/mol. The van der Waals surface area contributed by atoms with Crippen molar-refractivity contribution in [2.24, 2.45) is 0 Å². The molecule has 2 rings (SSSR count). The normalized spacial score (nSPS) is 16.2. The van der Waals surface area contributed by atoms with Gasteiger partial charge in [-0.25, -0.2) is 4.39 Å². The number of carbonyl (C=O) groups is 2. The van der Waals surface area contributed by atoms with E-state index in [0.717, 1.165) is 25.9 Å². The number of halogens is 1. The predicted octanol–water partition coefficient (Wildman–Crippen LogP) is 0.729. The van der Waals surface area contributed by atoms with Gasteiger partial charge in [-0.15, -0.1) is 0 Å². The fourth-order valence-electron chi connectivity index (χ4n) is 2.79. The monoisotopic (exact) mass is 322 g/mol. The van der Waals surface area contributed by atoms with Gasteiger partial charge in [0.25, 0.3) is 5.91 Å². The Labute approximate surface area is 136 Å². The topological polar surface area (TPSA) is 62.6 Å².